The predicted molar refractivity (Wildman–Crippen MR) is 59.2 cm³/mol. The molecule has 0 aliphatic rings. The quantitative estimate of drug-likeness (QED) is 0.769. The fourth-order valence-electron chi connectivity index (χ4n) is 1.35. The molecule has 14 heavy (non-hydrogen) atoms. The lowest BCUT2D eigenvalue weighted by Gasteiger charge is -2.15. The van der Waals surface area contributed by atoms with Crippen molar-refractivity contribution in [2.24, 2.45) is 0 Å². The van der Waals surface area contributed by atoms with E-state index in [9.17, 15) is 0 Å². The smallest absolute Gasteiger partial charge is 0.134 e. The lowest BCUT2D eigenvalue weighted by atomic mass is 10.2. The maximum atomic E-state index is 5.68. The van der Waals surface area contributed by atoms with Crippen LogP contribution >= 0.6 is 0 Å². The summed E-state index contributed by atoms with van der Waals surface area (Å²) in [6.45, 7) is 6.23. The first-order valence-electron chi connectivity index (χ1n) is 4.98. The highest BCUT2D eigenvalue weighted by Gasteiger charge is 2.06. The summed E-state index contributed by atoms with van der Waals surface area (Å²) < 4.78 is 0. The number of hydrogen-bond donors (Lipinski definition) is 2. The van der Waals surface area contributed by atoms with Gasteiger partial charge in [0.1, 0.15) is 18.0 Å². The first-order valence-corrected chi connectivity index (χ1v) is 4.98. The van der Waals surface area contributed by atoms with Gasteiger partial charge in [0.05, 0.1) is 0 Å². The van der Waals surface area contributed by atoms with E-state index in [1.807, 2.05) is 6.92 Å². The Kier molecular flexibility index (Phi) is 3.68. The van der Waals surface area contributed by atoms with Gasteiger partial charge in [0.15, 0.2) is 0 Å². The van der Waals surface area contributed by atoms with E-state index in [0.29, 0.717) is 11.9 Å². The number of rotatable bonds is 4. The lowest BCUT2D eigenvalue weighted by Crippen LogP contribution is -2.17. The third-order valence-corrected chi connectivity index (χ3v) is 2.23. The van der Waals surface area contributed by atoms with Gasteiger partial charge in [-0.05, 0) is 20.3 Å². The fraction of sp³-hybridized carbons (Fsp3) is 0.600. The molecule has 1 atom stereocenters. The first-order chi connectivity index (χ1) is 6.65. The Hall–Kier alpha value is -1.32. The van der Waals surface area contributed by atoms with Gasteiger partial charge in [-0.2, -0.15) is 0 Å². The molecule has 0 amide bonds. The number of aromatic nitrogens is 2. The largest absolute Gasteiger partial charge is 0.383 e. The summed E-state index contributed by atoms with van der Waals surface area (Å²) in [4.78, 5) is 8.08. The molecule has 1 unspecified atom stereocenters. The van der Waals surface area contributed by atoms with Crippen LogP contribution in [0.15, 0.2) is 6.33 Å². The molecule has 0 aliphatic heterocycles. The molecule has 0 radical (unpaired) electrons. The number of nitrogen functional groups attached to an aromatic ring is 1. The topological polar surface area (TPSA) is 63.8 Å². The second-order valence-corrected chi connectivity index (χ2v) is 3.57. The summed E-state index contributed by atoms with van der Waals surface area (Å²) in [5.74, 6) is 1.39. The average molecular weight is 194 g/mol. The summed E-state index contributed by atoms with van der Waals surface area (Å²) in [5, 5.41) is 3.32. The van der Waals surface area contributed by atoms with Gasteiger partial charge >= 0.3 is 0 Å². The van der Waals surface area contributed by atoms with Crippen LogP contribution in [-0.2, 0) is 0 Å². The number of nitrogens with two attached hydrogens (primary N) is 1. The molecule has 0 saturated carbocycles. The molecule has 0 saturated heterocycles. The monoisotopic (exact) mass is 194 g/mol. The van der Waals surface area contributed by atoms with Crippen molar-refractivity contribution in [3.8, 4) is 0 Å². The first kappa shape index (κ1) is 10.8. The fourth-order valence-corrected chi connectivity index (χ4v) is 1.35. The molecule has 1 rings (SSSR count). The molecular formula is C10H18N4. The van der Waals surface area contributed by atoms with Gasteiger partial charge in [0.25, 0.3) is 0 Å². The number of nitrogens with zero attached hydrogens (tertiary/aromatic N) is 2. The SMILES string of the molecule is CCCC(C)Nc1ncnc(N)c1C. The van der Waals surface area contributed by atoms with Gasteiger partial charge in [0, 0.05) is 11.6 Å². The van der Waals surface area contributed by atoms with Crippen molar-refractivity contribution in [1.29, 1.82) is 0 Å². The highest BCUT2D eigenvalue weighted by Crippen LogP contribution is 2.16. The minimum atomic E-state index is 0.424. The summed E-state index contributed by atoms with van der Waals surface area (Å²) in [5.41, 5.74) is 6.61. The second-order valence-electron chi connectivity index (χ2n) is 3.57. The lowest BCUT2D eigenvalue weighted by molar-refractivity contribution is 0.686. The third-order valence-electron chi connectivity index (χ3n) is 2.23. The highest BCUT2D eigenvalue weighted by molar-refractivity contribution is 5.54. The van der Waals surface area contributed by atoms with Crippen molar-refractivity contribution in [2.75, 3.05) is 11.1 Å². The second kappa shape index (κ2) is 4.79. The van der Waals surface area contributed by atoms with Gasteiger partial charge in [0.2, 0.25) is 0 Å². The van der Waals surface area contributed by atoms with E-state index in [2.05, 4.69) is 29.1 Å². The van der Waals surface area contributed by atoms with Crippen molar-refractivity contribution in [2.45, 2.75) is 39.7 Å². The molecule has 0 fully saturated rings. The van der Waals surface area contributed by atoms with Crippen LogP contribution < -0.4 is 11.1 Å². The van der Waals surface area contributed by atoms with Gasteiger partial charge < -0.3 is 11.1 Å². The predicted octanol–water partition coefficient (Wildman–Crippen LogP) is 1.97. The molecule has 4 heteroatoms. The summed E-state index contributed by atoms with van der Waals surface area (Å²) >= 11 is 0. The Morgan fingerprint density at radius 1 is 1.50 bits per heavy atom. The van der Waals surface area contributed by atoms with Gasteiger partial charge in [-0.15, -0.1) is 0 Å². The summed E-state index contributed by atoms with van der Waals surface area (Å²) in [6.07, 6.45) is 3.78. The Bertz CT molecular complexity index is 298. The maximum absolute atomic E-state index is 5.68. The van der Waals surface area contributed by atoms with Gasteiger partial charge in [-0.1, -0.05) is 13.3 Å². The van der Waals surface area contributed by atoms with Crippen LogP contribution in [0.3, 0.4) is 0 Å². The van der Waals surface area contributed by atoms with E-state index in [-0.39, 0.29) is 0 Å². The van der Waals surface area contributed by atoms with E-state index >= 15 is 0 Å². The van der Waals surface area contributed by atoms with Crippen molar-refractivity contribution in [3.05, 3.63) is 11.9 Å². The molecule has 0 aliphatic carbocycles. The molecule has 78 valence electrons. The zero-order chi connectivity index (χ0) is 10.6. The van der Waals surface area contributed by atoms with Crippen LogP contribution in [0.25, 0.3) is 0 Å². The van der Waals surface area contributed by atoms with E-state index in [1.165, 1.54) is 6.33 Å². The molecule has 1 heterocycles. The zero-order valence-electron chi connectivity index (χ0n) is 9.04. The third kappa shape index (κ3) is 2.58. The van der Waals surface area contributed by atoms with E-state index in [4.69, 9.17) is 5.73 Å². The van der Waals surface area contributed by atoms with Crippen LogP contribution in [-0.4, -0.2) is 16.0 Å². The van der Waals surface area contributed by atoms with Gasteiger partial charge in [-0.3, -0.25) is 0 Å². The van der Waals surface area contributed by atoms with Crippen molar-refractivity contribution < 1.29 is 0 Å². The zero-order valence-corrected chi connectivity index (χ0v) is 9.04. The Labute approximate surface area is 85.0 Å². The van der Waals surface area contributed by atoms with E-state index in [1.54, 1.807) is 0 Å². The van der Waals surface area contributed by atoms with Crippen LogP contribution in [0.5, 0.6) is 0 Å². The van der Waals surface area contributed by atoms with Crippen molar-refractivity contribution in [1.82, 2.24) is 9.97 Å². The molecule has 4 nitrogen and oxygen atoms in total. The molecule has 3 N–H and O–H groups in total. The highest BCUT2D eigenvalue weighted by atomic mass is 15.0. The Morgan fingerprint density at radius 3 is 2.86 bits per heavy atom. The summed E-state index contributed by atoms with van der Waals surface area (Å²) in [6, 6.07) is 0.424. The normalized spacial score (nSPS) is 12.5. The minimum Gasteiger partial charge on any atom is -0.383 e. The van der Waals surface area contributed by atoms with Crippen LogP contribution in [0, 0.1) is 6.92 Å². The van der Waals surface area contributed by atoms with Crippen molar-refractivity contribution >= 4 is 11.6 Å². The van der Waals surface area contributed by atoms with Crippen LogP contribution in [0.4, 0.5) is 11.6 Å². The maximum Gasteiger partial charge on any atom is 0.134 e. The number of hydrogen-bond acceptors (Lipinski definition) is 4. The molecule has 0 bridgehead atoms. The van der Waals surface area contributed by atoms with Crippen LogP contribution in [0.1, 0.15) is 32.3 Å². The van der Waals surface area contributed by atoms with Gasteiger partial charge in [-0.25, -0.2) is 9.97 Å². The van der Waals surface area contributed by atoms with E-state index in [0.717, 1.165) is 24.2 Å². The van der Waals surface area contributed by atoms with E-state index < -0.39 is 0 Å². The van der Waals surface area contributed by atoms with Crippen LogP contribution in [0.2, 0.25) is 0 Å². The minimum absolute atomic E-state index is 0.424. The summed E-state index contributed by atoms with van der Waals surface area (Å²) in [7, 11) is 0. The molecule has 1 aromatic rings. The molecule has 1 aromatic heterocycles. The Balaban J connectivity index is 2.71. The molecule has 0 spiro atoms. The standard InChI is InChI=1S/C10H18N4/c1-4-5-7(2)14-10-8(3)9(11)12-6-13-10/h6-7H,4-5H2,1-3H3,(H3,11,12,13,14). The molecular weight excluding hydrogens is 176 g/mol. The number of nitrogens with one attached hydrogen (secondary N) is 1. The Morgan fingerprint density at radius 2 is 2.21 bits per heavy atom. The number of anilines is 2. The van der Waals surface area contributed by atoms with Crippen molar-refractivity contribution in [3.63, 3.8) is 0 Å². The average Bonchev–Trinajstić information content (AvgIpc) is 2.13. The molecule has 0 aromatic carbocycles.